The molecule has 65 heavy (non-hydrogen) atoms. The van der Waals surface area contributed by atoms with Crippen LogP contribution in [-0.4, -0.2) is 160 Å². The number of cyclic esters (lactones) is 1. The van der Waals surface area contributed by atoms with Crippen molar-refractivity contribution in [1.29, 1.82) is 0 Å². The number of esters is 1. The van der Waals surface area contributed by atoms with Crippen molar-refractivity contribution < 1.29 is 79.6 Å². The van der Waals surface area contributed by atoms with Crippen molar-refractivity contribution in [3.05, 3.63) is 85.1 Å². The third-order valence-electron chi connectivity index (χ3n) is 12.1. The first-order valence-corrected chi connectivity index (χ1v) is 22.4. The van der Waals surface area contributed by atoms with E-state index in [4.69, 9.17) is 30.4 Å². The van der Waals surface area contributed by atoms with Crippen molar-refractivity contribution in [2.75, 3.05) is 0 Å². The first kappa shape index (κ1) is 55.9. The number of aliphatic hydroxyl groups excluding tert-OH is 9. The predicted molar refractivity (Wildman–Crippen MR) is 239 cm³/mol. The molecule has 18 heteroatoms. The predicted octanol–water partition coefficient (Wildman–Crippen LogP) is 0.112. The minimum Gasteiger partial charge on any atom is -0.462 e. The molecule has 2 fully saturated rings. The zero-order valence-electron chi connectivity index (χ0n) is 37.7. The molecule has 2 unspecified atom stereocenters. The Morgan fingerprint density at radius 3 is 1.78 bits per heavy atom. The zero-order valence-corrected chi connectivity index (χ0v) is 37.7. The molecule has 0 radical (unpaired) electrons. The number of allylic oxidation sites excluding steroid dienone is 12. The van der Waals surface area contributed by atoms with E-state index < -0.39 is 140 Å². The first-order valence-electron chi connectivity index (χ1n) is 22.4. The number of primary amides is 1. The van der Waals surface area contributed by atoms with Crippen LogP contribution in [0.15, 0.2) is 85.1 Å². The summed E-state index contributed by atoms with van der Waals surface area (Å²) in [5.41, 5.74) is 11.7. The smallest absolute Gasteiger partial charge is 0.308 e. The average Bonchev–Trinajstić information content (AvgIpc) is 3.21. The highest BCUT2D eigenvalue weighted by Gasteiger charge is 2.50. The number of fused-ring (bicyclic) bond motifs is 2. The topological polar surface area (TPSA) is 325 Å². The van der Waals surface area contributed by atoms with Crippen LogP contribution in [0.2, 0.25) is 0 Å². The van der Waals surface area contributed by atoms with Crippen LogP contribution < -0.4 is 11.5 Å². The molecule has 2 bridgehead atoms. The number of amides is 1. The Balaban J connectivity index is 1.86. The molecule has 3 heterocycles. The second kappa shape index (κ2) is 27.4. The lowest BCUT2D eigenvalue weighted by atomic mass is 9.82. The van der Waals surface area contributed by atoms with Crippen molar-refractivity contribution >= 4 is 11.9 Å². The van der Waals surface area contributed by atoms with Crippen molar-refractivity contribution in [3.63, 3.8) is 0 Å². The van der Waals surface area contributed by atoms with E-state index in [1.807, 2.05) is 37.3 Å². The van der Waals surface area contributed by atoms with E-state index in [0.29, 0.717) is 0 Å². The molecule has 0 saturated carbocycles. The molecule has 2 saturated heterocycles. The number of rotatable bonds is 3. The molecule has 3 aliphatic heterocycles. The lowest BCUT2D eigenvalue weighted by molar-refractivity contribution is -0.308. The van der Waals surface area contributed by atoms with Crippen molar-refractivity contribution in [1.82, 2.24) is 0 Å². The van der Waals surface area contributed by atoms with Gasteiger partial charge in [0.15, 0.2) is 12.1 Å². The molecule has 18 nitrogen and oxygen atoms in total. The Morgan fingerprint density at radius 1 is 0.662 bits per heavy atom. The molecule has 3 aliphatic rings. The summed E-state index contributed by atoms with van der Waals surface area (Å²) in [7, 11) is 0. The average molecular weight is 923 g/mol. The number of carbonyl (C=O) groups is 2. The van der Waals surface area contributed by atoms with Gasteiger partial charge in [0, 0.05) is 31.1 Å². The minimum absolute atomic E-state index is 0.124. The van der Waals surface area contributed by atoms with Gasteiger partial charge in [-0.15, -0.1) is 0 Å². The van der Waals surface area contributed by atoms with Crippen LogP contribution in [0.4, 0.5) is 0 Å². The van der Waals surface area contributed by atoms with Crippen LogP contribution in [0.1, 0.15) is 79.1 Å². The highest BCUT2D eigenvalue weighted by atomic mass is 16.7. The molecular weight excluding hydrogens is 849 g/mol. The number of hydrogen-bond donors (Lipinski definition) is 12. The van der Waals surface area contributed by atoms with Gasteiger partial charge in [0.25, 0.3) is 0 Å². The van der Waals surface area contributed by atoms with Gasteiger partial charge in [0.1, 0.15) is 12.2 Å². The molecule has 14 N–H and O–H groups in total. The van der Waals surface area contributed by atoms with Crippen LogP contribution >= 0.6 is 0 Å². The molecule has 1 amide bonds. The van der Waals surface area contributed by atoms with E-state index in [1.54, 1.807) is 75.5 Å². The van der Waals surface area contributed by atoms with Crippen LogP contribution in [-0.2, 0) is 28.5 Å². The molecule has 0 aromatic heterocycles. The van der Waals surface area contributed by atoms with E-state index in [2.05, 4.69) is 0 Å². The fourth-order valence-corrected chi connectivity index (χ4v) is 8.00. The summed E-state index contributed by atoms with van der Waals surface area (Å²) in [4.78, 5) is 25.3. The Labute approximate surface area is 381 Å². The van der Waals surface area contributed by atoms with Crippen LogP contribution in [0.3, 0.4) is 0 Å². The monoisotopic (exact) mass is 923 g/mol. The Kier molecular flexibility index (Phi) is 23.6. The van der Waals surface area contributed by atoms with E-state index in [-0.39, 0.29) is 38.0 Å². The highest BCUT2D eigenvalue weighted by Crippen LogP contribution is 2.38. The first-order chi connectivity index (χ1) is 30.6. The van der Waals surface area contributed by atoms with Gasteiger partial charge in [0.05, 0.1) is 85.5 Å². The summed E-state index contributed by atoms with van der Waals surface area (Å²) in [6.45, 7) is 6.77. The summed E-state index contributed by atoms with van der Waals surface area (Å²) in [6.07, 6.45) is 4.46. The molecule has 0 aliphatic carbocycles. The number of nitrogens with two attached hydrogens (primary N) is 2. The molecule has 0 aromatic carbocycles. The maximum atomic E-state index is 12.7. The fourth-order valence-electron chi connectivity index (χ4n) is 8.00. The second-order valence-electron chi connectivity index (χ2n) is 17.6. The van der Waals surface area contributed by atoms with Crippen LogP contribution in [0, 0.1) is 17.8 Å². The zero-order chi connectivity index (χ0) is 48.4. The van der Waals surface area contributed by atoms with Crippen LogP contribution in [0.25, 0.3) is 0 Å². The normalized spacial score (nSPS) is 45.5. The van der Waals surface area contributed by atoms with Crippen molar-refractivity contribution in [3.8, 4) is 0 Å². The lowest BCUT2D eigenvalue weighted by Crippen LogP contribution is -2.62. The highest BCUT2D eigenvalue weighted by molar-refractivity contribution is 5.78. The Bertz CT molecular complexity index is 1670. The van der Waals surface area contributed by atoms with Gasteiger partial charge in [0.2, 0.25) is 5.91 Å². The van der Waals surface area contributed by atoms with Crippen LogP contribution in [0.5, 0.6) is 0 Å². The number of ether oxygens (including phenoxy) is 4. The maximum Gasteiger partial charge on any atom is 0.308 e. The van der Waals surface area contributed by atoms with Gasteiger partial charge in [-0.05, 0) is 39.5 Å². The van der Waals surface area contributed by atoms with Gasteiger partial charge >= 0.3 is 5.97 Å². The largest absolute Gasteiger partial charge is 0.462 e. The second-order valence-corrected chi connectivity index (χ2v) is 17.6. The van der Waals surface area contributed by atoms with Gasteiger partial charge in [-0.25, -0.2) is 0 Å². The van der Waals surface area contributed by atoms with Gasteiger partial charge < -0.3 is 81.5 Å². The lowest BCUT2D eigenvalue weighted by Gasteiger charge is -2.45. The molecule has 368 valence electrons. The minimum atomic E-state index is -2.30. The van der Waals surface area contributed by atoms with E-state index in [9.17, 15) is 60.7 Å². The van der Waals surface area contributed by atoms with Crippen molar-refractivity contribution in [2.45, 2.75) is 177 Å². The van der Waals surface area contributed by atoms with Gasteiger partial charge in [-0.3, -0.25) is 9.59 Å². The maximum absolute atomic E-state index is 12.7. The number of carbonyl (C=O) groups excluding carboxylic acids is 2. The summed E-state index contributed by atoms with van der Waals surface area (Å²) >= 11 is 0. The fraction of sp³-hybridized carbons (Fsp3) is 0.660. The summed E-state index contributed by atoms with van der Waals surface area (Å²) in [6, 6.07) is -1.13. The third-order valence-corrected chi connectivity index (χ3v) is 12.1. The van der Waals surface area contributed by atoms with E-state index >= 15 is 0 Å². The SMILES string of the molecule is C[C@@H]1[C@H](O)[C@@H](C)/C=C/C=C/C=C/C=C/C=C/C=C/C=C/[C@H](O[C@@H]2O[C@H](C)[C@@H](O)[C@H](N)[C@@H]2O)CC2O[C@](O)(C[C@@H](O)[C@H](O)CC[C@@H](O)CC(O)C[C@@H](O)CC(=O)O[C@H]1C)C[C@H](O)[C@H]2C(N)=O. The number of aliphatic hydroxyl groups is 10. The number of hydrogen-bond acceptors (Lipinski definition) is 17. The standard InChI is InChI=1S/C47H74N2O16/c1-27-17-15-13-11-9-7-5-6-8-10-12-14-16-18-34(64-46-44(59)41(48)43(58)30(4)63-46)24-38-40(45(49)60)37(55)26-47(61,65-38)25-36(54)35(53)20-19-31(50)21-32(51)22-33(52)23-39(56)62-29(3)28(2)42(27)57/h5-18,27-38,40-44,46,50-55,57-59,61H,19-26,48H2,1-4H3,(H2,49,60)/b6-5+,9-7+,10-8+,13-11+,14-12+,17-15+,18-16+/t27-,28-,29-,30+,31+,32?,33+,34-,35+,36+,37-,38?,40+,41-,42+,43+,44-,46-,47+/m0/s1. The van der Waals surface area contributed by atoms with E-state index in [1.165, 1.54) is 0 Å². The quantitative estimate of drug-likeness (QED) is 0.167. The van der Waals surface area contributed by atoms with Gasteiger partial charge in [-0.2, -0.15) is 0 Å². The summed E-state index contributed by atoms with van der Waals surface area (Å²) < 4.78 is 23.3. The molecule has 0 spiro atoms. The van der Waals surface area contributed by atoms with Crippen molar-refractivity contribution in [2.24, 2.45) is 29.2 Å². The third kappa shape index (κ3) is 18.6. The molecule has 19 atom stereocenters. The van der Waals surface area contributed by atoms with Gasteiger partial charge in [-0.1, -0.05) is 98.9 Å². The molecule has 3 rings (SSSR count). The van der Waals surface area contributed by atoms with E-state index in [0.717, 1.165) is 0 Å². The molecular formula is C47H74N2O16. The molecule has 0 aromatic rings. The Morgan fingerprint density at radius 2 is 1.20 bits per heavy atom. The Hall–Kier alpha value is -3.44. The summed E-state index contributed by atoms with van der Waals surface area (Å²) in [5.74, 6) is -6.09. The summed E-state index contributed by atoms with van der Waals surface area (Å²) in [5, 5.41) is 108.